The average Bonchev–Trinajstić information content (AvgIpc) is 2.83. The molecule has 0 bridgehead atoms. The fraction of sp³-hybridized carbons (Fsp3) is 0.481. The van der Waals surface area contributed by atoms with Crippen LogP contribution >= 0.6 is 23.2 Å². The summed E-state index contributed by atoms with van der Waals surface area (Å²) in [4.78, 5) is 27.7. The summed E-state index contributed by atoms with van der Waals surface area (Å²) < 4.78 is 36.7. The molecule has 1 saturated heterocycles. The third-order valence-corrected chi connectivity index (χ3v) is 9.78. The van der Waals surface area contributed by atoms with Crippen molar-refractivity contribution in [3.63, 3.8) is 0 Å². The van der Waals surface area contributed by atoms with Crippen LogP contribution in [0, 0.1) is 0 Å². The highest BCUT2D eigenvalue weighted by atomic mass is 35.5. The van der Waals surface area contributed by atoms with Crippen molar-refractivity contribution < 1.29 is 27.5 Å². The molecule has 2 unspecified atom stereocenters. The molecule has 3 rings (SSSR count). The zero-order valence-corrected chi connectivity index (χ0v) is 23.9. The van der Waals surface area contributed by atoms with E-state index in [1.807, 2.05) is 13.0 Å². The van der Waals surface area contributed by atoms with Crippen molar-refractivity contribution in [3.05, 3.63) is 69.7 Å². The lowest BCUT2D eigenvalue weighted by Gasteiger charge is -2.48. The molecule has 37 heavy (non-hydrogen) atoms. The van der Waals surface area contributed by atoms with E-state index in [9.17, 15) is 18.0 Å². The number of hydrogen-bond acceptors (Lipinski definition) is 6. The summed E-state index contributed by atoms with van der Waals surface area (Å²) >= 11 is 12.5. The molecule has 7 nitrogen and oxygen atoms in total. The van der Waals surface area contributed by atoms with Crippen molar-refractivity contribution in [2.75, 3.05) is 12.9 Å². The molecule has 1 fully saturated rings. The standard InChI is InChI=1S/C27H33Cl2NO6S/c1-6-21(16-37(33,34)27(2,3)4)30-24(17-10-12-19(28)13-11-17)25(18-8-7-9-20(29)14-18)36-22(26(30)32)15-23(31)35-5/h7-14,21-22,24-25H,6,15-16H2,1-5H3/t21?,22-,24?,25-/m1/s1. The second-order valence-corrected chi connectivity index (χ2v) is 13.7. The van der Waals surface area contributed by atoms with Gasteiger partial charge in [-0.25, -0.2) is 8.42 Å². The van der Waals surface area contributed by atoms with E-state index in [4.69, 9.17) is 32.7 Å². The molecule has 2 aromatic carbocycles. The van der Waals surface area contributed by atoms with Gasteiger partial charge >= 0.3 is 5.97 Å². The average molecular weight is 571 g/mol. The van der Waals surface area contributed by atoms with Gasteiger partial charge in [0.15, 0.2) is 9.84 Å². The summed E-state index contributed by atoms with van der Waals surface area (Å²) in [6, 6.07) is 12.7. The SMILES string of the molecule is CCC(CS(=O)(=O)C(C)(C)C)N1C(=O)[C@@H](CC(=O)OC)O[C@H](c2cccc(Cl)c2)C1c1ccc(Cl)cc1. The van der Waals surface area contributed by atoms with Gasteiger partial charge in [0.2, 0.25) is 0 Å². The Morgan fingerprint density at radius 3 is 2.27 bits per heavy atom. The number of carbonyl (C=O) groups is 2. The number of amides is 1. The predicted molar refractivity (Wildman–Crippen MR) is 144 cm³/mol. The Bertz CT molecular complexity index is 1230. The van der Waals surface area contributed by atoms with Crippen molar-refractivity contribution in [2.45, 2.75) is 69.6 Å². The van der Waals surface area contributed by atoms with Crippen LogP contribution in [0.15, 0.2) is 48.5 Å². The summed E-state index contributed by atoms with van der Waals surface area (Å²) in [5.74, 6) is -1.32. The van der Waals surface area contributed by atoms with Gasteiger partial charge < -0.3 is 14.4 Å². The Kier molecular flexibility index (Phi) is 9.32. The Hall–Kier alpha value is -2.13. The van der Waals surface area contributed by atoms with Gasteiger partial charge in [-0.05, 0) is 62.6 Å². The Balaban J connectivity index is 2.21. The summed E-state index contributed by atoms with van der Waals surface area (Å²) in [6.45, 7) is 6.76. The molecule has 0 spiro atoms. The highest BCUT2D eigenvalue weighted by molar-refractivity contribution is 7.92. The molecule has 10 heteroatoms. The maximum Gasteiger partial charge on any atom is 0.308 e. The van der Waals surface area contributed by atoms with Crippen LogP contribution in [-0.2, 0) is 28.9 Å². The highest BCUT2D eigenvalue weighted by Gasteiger charge is 2.48. The minimum absolute atomic E-state index is 0.240. The molecule has 4 atom stereocenters. The maximum absolute atomic E-state index is 14.0. The first-order chi connectivity index (χ1) is 17.3. The van der Waals surface area contributed by atoms with Crippen molar-refractivity contribution in [1.29, 1.82) is 0 Å². The molecule has 1 amide bonds. The number of sulfone groups is 1. The van der Waals surface area contributed by atoms with E-state index < -0.39 is 50.8 Å². The topological polar surface area (TPSA) is 90.0 Å². The van der Waals surface area contributed by atoms with E-state index in [0.29, 0.717) is 27.6 Å². The van der Waals surface area contributed by atoms with Crippen LogP contribution < -0.4 is 0 Å². The summed E-state index contributed by atoms with van der Waals surface area (Å²) in [5.41, 5.74) is 1.40. The fourth-order valence-electron chi connectivity index (χ4n) is 4.37. The van der Waals surface area contributed by atoms with Crippen LogP contribution in [0.2, 0.25) is 10.0 Å². The smallest absolute Gasteiger partial charge is 0.308 e. The van der Waals surface area contributed by atoms with Gasteiger partial charge in [0.1, 0.15) is 12.2 Å². The largest absolute Gasteiger partial charge is 0.469 e. The number of rotatable bonds is 8. The van der Waals surface area contributed by atoms with Gasteiger partial charge in [0.25, 0.3) is 5.91 Å². The summed E-state index contributed by atoms with van der Waals surface area (Å²) in [6.07, 6.45) is -1.83. The Morgan fingerprint density at radius 1 is 1.08 bits per heavy atom. The van der Waals surface area contributed by atoms with Crippen LogP contribution in [-0.4, -0.2) is 54.9 Å². The first kappa shape index (κ1) is 29.4. The number of morpholine rings is 1. The monoisotopic (exact) mass is 569 g/mol. The third kappa shape index (κ3) is 6.66. The van der Waals surface area contributed by atoms with Gasteiger partial charge in [-0.3, -0.25) is 9.59 Å². The van der Waals surface area contributed by atoms with E-state index in [-0.39, 0.29) is 12.2 Å². The van der Waals surface area contributed by atoms with E-state index in [1.165, 1.54) is 7.11 Å². The number of methoxy groups -OCH3 is 1. The van der Waals surface area contributed by atoms with E-state index in [1.54, 1.807) is 68.1 Å². The fourth-order valence-corrected chi connectivity index (χ4v) is 6.10. The number of hydrogen-bond donors (Lipinski definition) is 0. The lowest BCUT2D eigenvalue weighted by atomic mass is 9.89. The molecule has 1 aliphatic heterocycles. The molecule has 0 radical (unpaired) electrons. The summed E-state index contributed by atoms with van der Waals surface area (Å²) in [5, 5.41) is 0.995. The van der Waals surface area contributed by atoms with Crippen LogP contribution in [0.25, 0.3) is 0 Å². The van der Waals surface area contributed by atoms with Crippen LogP contribution in [0.5, 0.6) is 0 Å². The first-order valence-corrected chi connectivity index (χ1v) is 14.5. The van der Waals surface area contributed by atoms with Crippen molar-refractivity contribution >= 4 is 44.9 Å². The van der Waals surface area contributed by atoms with E-state index in [0.717, 1.165) is 0 Å². The number of nitrogens with zero attached hydrogens (tertiary/aromatic N) is 1. The van der Waals surface area contributed by atoms with Crippen LogP contribution in [0.3, 0.4) is 0 Å². The van der Waals surface area contributed by atoms with Gasteiger partial charge in [0, 0.05) is 16.1 Å². The molecule has 0 aromatic heterocycles. The van der Waals surface area contributed by atoms with Gasteiger partial charge in [-0.2, -0.15) is 0 Å². The van der Waals surface area contributed by atoms with Gasteiger partial charge in [-0.15, -0.1) is 0 Å². The van der Waals surface area contributed by atoms with Gasteiger partial charge in [-0.1, -0.05) is 54.4 Å². The molecule has 202 valence electrons. The second kappa shape index (κ2) is 11.7. The maximum atomic E-state index is 14.0. The van der Waals surface area contributed by atoms with Crippen LogP contribution in [0.1, 0.15) is 63.8 Å². The third-order valence-electron chi connectivity index (χ3n) is 6.61. The molecular weight excluding hydrogens is 537 g/mol. The Morgan fingerprint density at radius 2 is 1.73 bits per heavy atom. The zero-order valence-electron chi connectivity index (χ0n) is 21.6. The van der Waals surface area contributed by atoms with Crippen molar-refractivity contribution in [2.24, 2.45) is 0 Å². The van der Waals surface area contributed by atoms with Crippen molar-refractivity contribution in [1.82, 2.24) is 4.90 Å². The number of carbonyl (C=O) groups excluding carboxylic acids is 2. The highest BCUT2D eigenvalue weighted by Crippen LogP contribution is 2.45. The van der Waals surface area contributed by atoms with E-state index >= 15 is 0 Å². The normalized spacial score (nSPS) is 21.5. The zero-order chi connectivity index (χ0) is 27.5. The lowest BCUT2D eigenvalue weighted by Crippen LogP contribution is -2.57. The first-order valence-electron chi connectivity index (χ1n) is 12.1. The summed E-state index contributed by atoms with van der Waals surface area (Å²) in [7, 11) is -2.36. The predicted octanol–water partition coefficient (Wildman–Crippen LogP) is 5.56. The second-order valence-electron chi connectivity index (χ2n) is 10.1. The van der Waals surface area contributed by atoms with Crippen LogP contribution in [0.4, 0.5) is 0 Å². The number of halogens is 2. The number of benzene rings is 2. The molecular formula is C27H33Cl2NO6S. The lowest BCUT2D eigenvalue weighted by molar-refractivity contribution is -0.183. The number of esters is 1. The Labute approximate surface area is 228 Å². The minimum atomic E-state index is -3.60. The molecule has 1 heterocycles. The van der Waals surface area contributed by atoms with Gasteiger partial charge in [0.05, 0.1) is 30.1 Å². The molecule has 2 aromatic rings. The molecule has 0 aliphatic carbocycles. The molecule has 0 N–H and O–H groups in total. The molecule has 0 saturated carbocycles. The minimum Gasteiger partial charge on any atom is -0.469 e. The molecule has 1 aliphatic rings. The quantitative estimate of drug-likeness (QED) is 0.386. The van der Waals surface area contributed by atoms with Crippen molar-refractivity contribution in [3.8, 4) is 0 Å². The van der Waals surface area contributed by atoms with E-state index in [2.05, 4.69) is 0 Å². The number of ether oxygens (including phenoxy) is 2.